The first-order valence-corrected chi connectivity index (χ1v) is 3.89. The molecule has 0 bridgehead atoms. The van der Waals surface area contributed by atoms with Gasteiger partial charge in [-0.2, -0.15) is 5.53 Å². The summed E-state index contributed by atoms with van der Waals surface area (Å²) in [6, 6.07) is 0. The van der Waals surface area contributed by atoms with E-state index >= 15 is 0 Å². The molecule has 0 rings (SSSR count). The monoisotopic (exact) mass is 148 g/mol. The minimum Gasteiger partial charge on any atom is -0.197 e. The zero-order valence-electron chi connectivity index (χ0n) is 6.64. The highest BCUT2D eigenvalue weighted by Gasteiger charge is 1.55. The zero-order valence-corrected chi connectivity index (χ0v) is 7.46. The molecule has 0 aromatic heterocycles. The smallest absolute Gasteiger partial charge is 0.0249 e. The molecular formula is C6H16N2S. The van der Waals surface area contributed by atoms with E-state index < -0.39 is 0 Å². The van der Waals surface area contributed by atoms with Crippen molar-refractivity contribution in [3.63, 3.8) is 0 Å². The molecule has 0 aliphatic carbocycles. The Kier molecular flexibility index (Phi) is 83.9. The normalized spacial score (nSPS) is 4.89. The van der Waals surface area contributed by atoms with Crippen molar-refractivity contribution in [2.75, 3.05) is 0 Å². The summed E-state index contributed by atoms with van der Waals surface area (Å²) in [5.74, 6) is 0. The molecule has 0 saturated carbocycles. The van der Waals surface area contributed by atoms with Gasteiger partial charge in [-0.25, -0.2) is 0 Å². The lowest BCUT2D eigenvalue weighted by molar-refractivity contribution is 1.26. The van der Waals surface area contributed by atoms with Crippen LogP contribution < -0.4 is 0 Å². The largest absolute Gasteiger partial charge is 0.197 e. The van der Waals surface area contributed by atoms with Crippen molar-refractivity contribution in [2.45, 2.75) is 27.7 Å². The summed E-state index contributed by atoms with van der Waals surface area (Å²) in [6.07, 6.45) is 0. The molecule has 2 nitrogen and oxygen atoms in total. The molecule has 0 radical (unpaired) electrons. The third kappa shape index (κ3) is 87.2. The molecule has 0 spiro atoms. The summed E-state index contributed by atoms with van der Waals surface area (Å²) in [5.41, 5.74) is 6.12. The van der Waals surface area contributed by atoms with E-state index in [2.05, 4.69) is 11.1 Å². The fourth-order valence-electron chi connectivity index (χ4n) is 0.0373. The van der Waals surface area contributed by atoms with Crippen molar-refractivity contribution >= 4 is 11.9 Å². The topological polar surface area (TPSA) is 36.2 Å². The maximum Gasteiger partial charge on any atom is 0.0249 e. The summed E-state index contributed by atoms with van der Waals surface area (Å²) in [4.78, 5) is 0. The first-order chi connectivity index (χ1) is 4.41. The fraction of sp³-hybridized carbons (Fsp3) is 0.667. The van der Waals surface area contributed by atoms with Crippen LogP contribution in [-0.4, -0.2) is 0 Å². The van der Waals surface area contributed by atoms with E-state index in [0.717, 1.165) is 11.9 Å². The molecule has 0 aromatic rings. The van der Waals surface area contributed by atoms with Crippen LogP contribution in [0, 0.1) is 5.53 Å². The van der Waals surface area contributed by atoms with Gasteiger partial charge in [0, 0.05) is 11.9 Å². The second-order valence-corrected chi connectivity index (χ2v) is 1.09. The highest BCUT2D eigenvalue weighted by molar-refractivity contribution is 8.00. The molecule has 0 aromatic carbocycles. The molecule has 3 heteroatoms. The van der Waals surface area contributed by atoms with Gasteiger partial charge in [-0.1, -0.05) is 34.3 Å². The zero-order chi connectivity index (χ0) is 8.12. The van der Waals surface area contributed by atoms with Gasteiger partial charge in [-0.3, -0.25) is 0 Å². The molecule has 9 heavy (non-hydrogen) atoms. The second kappa shape index (κ2) is 47.6. The molecule has 0 fully saturated rings. The maximum absolute atomic E-state index is 6.12. The van der Waals surface area contributed by atoms with Crippen LogP contribution in [-0.2, 0) is 0 Å². The third-order valence-electron chi connectivity index (χ3n) is 0.127. The van der Waals surface area contributed by atoms with Crippen molar-refractivity contribution in [3.05, 3.63) is 12.0 Å². The van der Waals surface area contributed by atoms with Gasteiger partial charge in [-0.05, 0) is 5.41 Å². The second-order valence-electron chi connectivity index (χ2n) is 0.363. The van der Waals surface area contributed by atoms with Gasteiger partial charge in [0.15, 0.2) is 0 Å². The van der Waals surface area contributed by atoms with Crippen molar-refractivity contribution in [2.24, 2.45) is 4.52 Å². The molecule has 0 atom stereocenters. The Morgan fingerprint density at radius 2 is 1.67 bits per heavy atom. The average Bonchev–Trinajstić information content (AvgIpc) is 1.98. The first kappa shape index (κ1) is 15.9. The Morgan fingerprint density at radius 1 is 1.33 bits per heavy atom. The summed E-state index contributed by atoms with van der Waals surface area (Å²) in [5, 5.41) is 1.49. The Bertz CT molecular complexity index is 40.3. The minimum atomic E-state index is 1.02. The highest BCUT2D eigenvalue weighted by atomic mass is 32.2. The van der Waals surface area contributed by atoms with Gasteiger partial charge in [0.25, 0.3) is 0 Å². The molecule has 0 aliphatic rings. The van der Waals surface area contributed by atoms with Crippen LogP contribution in [0.2, 0.25) is 0 Å². The predicted molar refractivity (Wildman–Crippen MR) is 45.6 cm³/mol. The predicted octanol–water partition coefficient (Wildman–Crippen LogP) is 3.86. The van der Waals surface area contributed by atoms with Gasteiger partial charge in [0.05, 0.1) is 0 Å². The molecule has 1 N–H and O–H groups in total. The van der Waals surface area contributed by atoms with E-state index in [4.69, 9.17) is 5.53 Å². The van der Waals surface area contributed by atoms with Crippen molar-refractivity contribution < 1.29 is 0 Å². The Morgan fingerprint density at radius 3 is 1.67 bits per heavy atom. The lowest BCUT2D eigenvalue weighted by atomic mass is 11.0. The number of hydrogen-bond acceptors (Lipinski definition) is 3. The lowest BCUT2D eigenvalue weighted by Crippen LogP contribution is -1.25. The average molecular weight is 148 g/mol. The fourth-order valence-corrected chi connectivity index (χ4v) is 0.112. The maximum atomic E-state index is 6.12. The van der Waals surface area contributed by atoms with Gasteiger partial charge < -0.3 is 0 Å². The Labute approximate surface area is 62.4 Å². The summed E-state index contributed by atoms with van der Waals surface area (Å²) < 4.78 is 2.90. The number of hydrogen-bond donors (Lipinski definition) is 1. The van der Waals surface area contributed by atoms with E-state index in [9.17, 15) is 0 Å². The third-order valence-corrected chi connectivity index (χ3v) is 0.382. The van der Waals surface area contributed by atoms with E-state index in [0.29, 0.717) is 0 Å². The summed E-state index contributed by atoms with van der Waals surface area (Å²) in [6.45, 7) is 11.3. The SMILES string of the molecule is C=CSN=N.CC.CC. The van der Waals surface area contributed by atoms with Crippen LogP contribution in [0.4, 0.5) is 0 Å². The molecule has 0 saturated heterocycles. The van der Waals surface area contributed by atoms with E-state index in [1.54, 1.807) is 0 Å². The summed E-state index contributed by atoms with van der Waals surface area (Å²) >= 11 is 1.02. The number of rotatable bonds is 2. The molecule has 0 heterocycles. The van der Waals surface area contributed by atoms with E-state index in [1.807, 2.05) is 27.7 Å². The Hall–Kier alpha value is -0.310. The van der Waals surface area contributed by atoms with Crippen LogP contribution in [0.15, 0.2) is 16.5 Å². The quantitative estimate of drug-likeness (QED) is 0.468. The van der Waals surface area contributed by atoms with Gasteiger partial charge in [-0.15, -0.1) is 4.52 Å². The molecular weight excluding hydrogens is 132 g/mol. The van der Waals surface area contributed by atoms with Crippen molar-refractivity contribution in [1.82, 2.24) is 0 Å². The summed E-state index contributed by atoms with van der Waals surface area (Å²) in [7, 11) is 0. The number of nitrogens with zero attached hydrogens (tertiary/aromatic N) is 1. The Balaban J connectivity index is -0.0000000771. The highest BCUT2D eigenvalue weighted by Crippen LogP contribution is 1.96. The lowest BCUT2D eigenvalue weighted by Gasteiger charge is -1.62. The van der Waals surface area contributed by atoms with Crippen molar-refractivity contribution in [3.8, 4) is 0 Å². The number of nitrogens with one attached hydrogen (secondary N) is 1. The van der Waals surface area contributed by atoms with Gasteiger partial charge >= 0.3 is 0 Å². The molecule has 0 amide bonds. The molecule has 0 aliphatic heterocycles. The van der Waals surface area contributed by atoms with Crippen LogP contribution >= 0.6 is 11.9 Å². The van der Waals surface area contributed by atoms with Crippen LogP contribution in [0.1, 0.15) is 27.7 Å². The van der Waals surface area contributed by atoms with E-state index in [-0.39, 0.29) is 0 Å². The van der Waals surface area contributed by atoms with Crippen molar-refractivity contribution in [1.29, 1.82) is 5.53 Å². The van der Waals surface area contributed by atoms with Gasteiger partial charge in [0.1, 0.15) is 0 Å². The first-order valence-electron chi connectivity index (χ1n) is 3.05. The van der Waals surface area contributed by atoms with Crippen LogP contribution in [0.3, 0.4) is 0 Å². The molecule has 0 unspecified atom stereocenters. The van der Waals surface area contributed by atoms with Gasteiger partial charge in [0.2, 0.25) is 0 Å². The van der Waals surface area contributed by atoms with E-state index in [1.165, 1.54) is 5.41 Å². The minimum absolute atomic E-state index is 1.02. The van der Waals surface area contributed by atoms with Crippen LogP contribution in [0.25, 0.3) is 0 Å². The standard InChI is InChI=1S/C2H4N2S.2C2H6/c1-2-5-4-3;2*1-2/h2-3H,1H2;2*1-2H3. The van der Waals surface area contributed by atoms with Crippen LogP contribution in [0.5, 0.6) is 0 Å². The molecule has 56 valence electrons.